The molecule has 3 atom stereocenters. The van der Waals surface area contributed by atoms with E-state index in [-0.39, 0.29) is 0 Å². The Labute approximate surface area is 132 Å². The molecule has 1 saturated carbocycles. The summed E-state index contributed by atoms with van der Waals surface area (Å²) in [5.74, 6) is 2.04. The molecule has 2 saturated heterocycles. The quantitative estimate of drug-likeness (QED) is 0.683. The summed E-state index contributed by atoms with van der Waals surface area (Å²) in [6, 6.07) is 0.627. The van der Waals surface area contributed by atoms with Crippen molar-refractivity contribution in [3.05, 3.63) is 0 Å². The molecule has 0 aromatic heterocycles. The van der Waals surface area contributed by atoms with E-state index in [0.29, 0.717) is 22.8 Å². The van der Waals surface area contributed by atoms with Crippen molar-refractivity contribution in [1.82, 2.24) is 4.90 Å². The number of piperidine rings is 1. The molecule has 0 bridgehead atoms. The molecule has 2 radical (unpaired) electrons. The number of ether oxygens (including phenoxy) is 1. The van der Waals surface area contributed by atoms with Crippen molar-refractivity contribution < 1.29 is 4.74 Å². The number of rotatable bonds is 1. The molecular formula is C18H32BNO. The molecule has 2 heterocycles. The van der Waals surface area contributed by atoms with E-state index in [1.54, 1.807) is 0 Å². The molecule has 118 valence electrons. The molecule has 3 fully saturated rings. The van der Waals surface area contributed by atoms with E-state index >= 15 is 0 Å². The fourth-order valence-electron chi connectivity index (χ4n) is 5.59. The first kappa shape index (κ1) is 15.9. The molecule has 2 aliphatic heterocycles. The fraction of sp³-hybridized carbons (Fsp3) is 1.00. The van der Waals surface area contributed by atoms with Gasteiger partial charge in [0.25, 0.3) is 0 Å². The highest BCUT2D eigenvalue weighted by atomic mass is 16.5. The van der Waals surface area contributed by atoms with Crippen LogP contribution in [-0.2, 0) is 4.74 Å². The van der Waals surface area contributed by atoms with Crippen molar-refractivity contribution in [2.24, 2.45) is 17.3 Å². The molecule has 3 rings (SSSR count). The summed E-state index contributed by atoms with van der Waals surface area (Å²) in [6.07, 6.45) is 6.39. The second-order valence-corrected chi connectivity index (χ2v) is 8.95. The molecule has 3 aliphatic rings. The monoisotopic (exact) mass is 289 g/mol. The van der Waals surface area contributed by atoms with Gasteiger partial charge in [-0.05, 0) is 56.9 Å². The second kappa shape index (κ2) is 5.56. The summed E-state index contributed by atoms with van der Waals surface area (Å²) >= 11 is 0. The van der Waals surface area contributed by atoms with E-state index in [1.807, 2.05) is 0 Å². The predicted octanol–water partition coefficient (Wildman–Crippen LogP) is 3.66. The Morgan fingerprint density at radius 2 is 1.81 bits per heavy atom. The van der Waals surface area contributed by atoms with Crippen LogP contribution in [0.2, 0.25) is 5.82 Å². The highest BCUT2D eigenvalue weighted by Crippen LogP contribution is 2.52. The van der Waals surface area contributed by atoms with E-state index < -0.39 is 0 Å². The van der Waals surface area contributed by atoms with Gasteiger partial charge in [0.2, 0.25) is 0 Å². The molecule has 0 aromatic carbocycles. The smallest absolute Gasteiger partial charge is 0.0711 e. The number of likely N-dealkylation sites (tertiary alicyclic amines) is 1. The van der Waals surface area contributed by atoms with Crippen LogP contribution in [0.1, 0.15) is 59.8 Å². The predicted molar refractivity (Wildman–Crippen MR) is 88.7 cm³/mol. The van der Waals surface area contributed by atoms with Gasteiger partial charge in [-0.3, -0.25) is 4.90 Å². The van der Waals surface area contributed by atoms with Gasteiger partial charge in [-0.2, -0.15) is 0 Å². The summed E-state index contributed by atoms with van der Waals surface area (Å²) < 4.78 is 5.72. The topological polar surface area (TPSA) is 12.5 Å². The lowest BCUT2D eigenvalue weighted by molar-refractivity contribution is -0.211. The van der Waals surface area contributed by atoms with E-state index in [0.717, 1.165) is 25.0 Å². The first-order valence-electron chi connectivity index (χ1n) is 8.94. The first-order valence-corrected chi connectivity index (χ1v) is 8.94. The number of hydrogen-bond acceptors (Lipinski definition) is 2. The number of fused-ring (bicyclic) bond motifs is 2. The minimum Gasteiger partial charge on any atom is -0.377 e. The van der Waals surface area contributed by atoms with Crippen LogP contribution in [-0.4, -0.2) is 44.1 Å². The zero-order chi connectivity index (χ0) is 15.3. The van der Waals surface area contributed by atoms with Crippen LogP contribution in [0.3, 0.4) is 0 Å². The van der Waals surface area contributed by atoms with Crippen molar-refractivity contribution in [3.8, 4) is 0 Å². The summed E-state index contributed by atoms with van der Waals surface area (Å²) in [7, 11) is 6.40. The van der Waals surface area contributed by atoms with Crippen LogP contribution in [0.15, 0.2) is 0 Å². The van der Waals surface area contributed by atoms with Crippen molar-refractivity contribution >= 4 is 7.85 Å². The maximum absolute atomic E-state index is 6.40. The Bertz CT molecular complexity index is 377. The largest absolute Gasteiger partial charge is 0.377 e. The van der Waals surface area contributed by atoms with E-state index in [4.69, 9.17) is 12.6 Å². The van der Waals surface area contributed by atoms with Gasteiger partial charge < -0.3 is 4.74 Å². The molecule has 3 unspecified atom stereocenters. The number of hydrogen-bond donors (Lipinski definition) is 0. The van der Waals surface area contributed by atoms with Crippen LogP contribution in [0.5, 0.6) is 0 Å². The van der Waals surface area contributed by atoms with Gasteiger partial charge in [0, 0.05) is 6.04 Å². The second-order valence-electron chi connectivity index (χ2n) is 8.95. The Morgan fingerprint density at radius 3 is 2.38 bits per heavy atom. The van der Waals surface area contributed by atoms with Gasteiger partial charge in [0.1, 0.15) is 0 Å². The van der Waals surface area contributed by atoms with Crippen LogP contribution in [0.25, 0.3) is 0 Å². The summed E-state index contributed by atoms with van der Waals surface area (Å²) in [4.78, 5) is 2.75. The van der Waals surface area contributed by atoms with Crippen LogP contribution in [0.4, 0.5) is 0 Å². The molecule has 1 spiro atoms. The zero-order valence-corrected chi connectivity index (χ0v) is 14.4. The SMILES string of the molecule is [B]C1CCC2C(CCN(C(C)C)C23COC3)CC(C)(C)C1. The maximum atomic E-state index is 6.40. The Morgan fingerprint density at radius 1 is 1.10 bits per heavy atom. The fourth-order valence-corrected chi connectivity index (χ4v) is 5.59. The first-order chi connectivity index (χ1) is 9.84. The lowest BCUT2D eigenvalue weighted by Crippen LogP contribution is -2.72. The molecule has 0 amide bonds. The summed E-state index contributed by atoms with van der Waals surface area (Å²) in [6.45, 7) is 12.7. The van der Waals surface area contributed by atoms with Crippen LogP contribution in [0, 0.1) is 17.3 Å². The van der Waals surface area contributed by atoms with E-state index in [9.17, 15) is 0 Å². The van der Waals surface area contributed by atoms with Gasteiger partial charge in [0.05, 0.1) is 26.6 Å². The standard InChI is InChI=1S/C18H32BNO/c1-13(2)20-8-7-14-9-17(3,4)10-15(19)5-6-16(14)18(20)11-21-12-18/h13-16H,5-12H2,1-4H3. The molecule has 1 aliphatic carbocycles. The summed E-state index contributed by atoms with van der Waals surface area (Å²) in [5, 5.41) is 0. The molecule has 0 aromatic rings. The zero-order valence-electron chi connectivity index (χ0n) is 14.4. The molecule has 21 heavy (non-hydrogen) atoms. The lowest BCUT2D eigenvalue weighted by atomic mass is 9.57. The lowest BCUT2D eigenvalue weighted by Gasteiger charge is -2.62. The van der Waals surface area contributed by atoms with Gasteiger partial charge in [-0.15, -0.1) is 0 Å². The van der Waals surface area contributed by atoms with Gasteiger partial charge in [0.15, 0.2) is 0 Å². The third-order valence-electron chi connectivity index (χ3n) is 6.38. The van der Waals surface area contributed by atoms with Crippen molar-refractivity contribution in [1.29, 1.82) is 0 Å². The van der Waals surface area contributed by atoms with E-state index in [1.165, 1.54) is 38.6 Å². The van der Waals surface area contributed by atoms with Gasteiger partial charge in [-0.25, -0.2) is 0 Å². The van der Waals surface area contributed by atoms with Crippen molar-refractivity contribution in [2.45, 2.75) is 77.2 Å². The third-order valence-corrected chi connectivity index (χ3v) is 6.38. The Kier molecular flexibility index (Phi) is 4.20. The average molecular weight is 289 g/mol. The highest BCUT2D eigenvalue weighted by molar-refractivity contribution is 6.11. The summed E-state index contributed by atoms with van der Waals surface area (Å²) in [5.41, 5.74) is 0.721. The molecule has 3 heteroatoms. The van der Waals surface area contributed by atoms with Crippen LogP contribution < -0.4 is 0 Å². The van der Waals surface area contributed by atoms with E-state index in [2.05, 4.69) is 32.6 Å². The third kappa shape index (κ3) is 2.81. The van der Waals surface area contributed by atoms with Gasteiger partial charge >= 0.3 is 0 Å². The van der Waals surface area contributed by atoms with Crippen LogP contribution >= 0.6 is 0 Å². The molecule has 2 nitrogen and oxygen atoms in total. The maximum Gasteiger partial charge on any atom is 0.0711 e. The average Bonchev–Trinajstić information content (AvgIpc) is 2.31. The van der Waals surface area contributed by atoms with Crippen molar-refractivity contribution in [3.63, 3.8) is 0 Å². The molecule has 0 N–H and O–H groups in total. The minimum absolute atomic E-state index is 0.324. The Balaban J connectivity index is 1.86. The molecular weight excluding hydrogens is 257 g/mol. The minimum atomic E-state index is 0.324. The number of nitrogens with zero attached hydrogens (tertiary/aromatic N) is 1. The highest BCUT2D eigenvalue weighted by Gasteiger charge is 2.56. The Hall–Kier alpha value is -0.0151. The van der Waals surface area contributed by atoms with Gasteiger partial charge in [-0.1, -0.05) is 32.5 Å². The van der Waals surface area contributed by atoms with Crippen molar-refractivity contribution in [2.75, 3.05) is 19.8 Å². The normalized spacial score (nSPS) is 39.4.